The normalized spacial score (nSPS) is 10.6. The zero-order valence-electron chi connectivity index (χ0n) is 10.6. The van der Waals surface area contributed by atoms with E-state index in [4.69, 9.17) is 0 Å². The third-order valence-electron chi connectivity index (χ3n) is 3.18. The maximum absolute atomic E-state index is 11.2. The number of carbonyl (C=O) groups is 1. The van der Waals surface area contributed by atoms with Crippen LogP contribution in [0.2, 0.25) is 0 Å². The van der Waals surface area contributed by atoms with Gasteiger partial charge in [-0.2, -0.15) is 0 Å². The highest BCUT2D eigenvalue weighted by Gasteiger charge is 2.10. The van der Waals surface area contributed by atoms with Crippen molar-refractivity contribution in [3.8, 4) is 0 Å². The van der Waals surface area contributed by atoms with Gasteiger partial charge in [0.05, 0.1) is 5.69 Å². The van der Waals surface area contributed by atoms with Crippen LogP contribution in [0.5, 0.6) is 0 Å². The van der Waals surface area contributed by atoms with Crippen molar-refractivity contribution in [3.63, 3.8) is 0 Å². The van der Waals surface area contributed by atoms with Gasteiger partial charge in [0.2, 0.25) is 0 Å². The summed E-state index contributed by atoms with van der Waals surface area (Å²) in [6, 6.07) is 10.3. The molecule has 3 heteroatoms. The van der Waals surface area contributed by atoms with Gasteiger partial charge in [0, 0.05) is 16.7 Å². The molecule has 1 aromatic heterocycles. The van der Waals surface area contributed by atoms with E-state index in [1.54, 1.807) is 0 Å². The highest BCUT2D eigenvalue weighted by Crippen LogP contribution is 2.18. The van der Waals surface area contributed by atoms with Crippen molar-refractivity contribution in [2.75, 3.05) is 0 Å². The van der Waals surface area contributed by atoms with Crippen LogP contribution in [0.25, 0.3) is 0 Å². The number of halogens is 1. The summed E-state index contributed by atoms with van der Waals surface area (Å²) in [4.78, 5) is 11.2. The second kappa shape index (κ2) is 5.53. The van der Waals surface area contributed by atoms with E-state index in [0.29, 0.717) is 0 Å². The first kappa shape index (κ1) is 13.1. The lowest BCUT2D eigenvalue weighted by Crippen LogP contribution is -2.06. The monoisotopic (exact) mass is 305 g/mol. The summed E-state index contributed by atoms with van der Waals surface area (Å²) in [5.74, 6) is 0. The van der Waals surface area contributed by atoms with E-state index in [1.165, 1.54) is 5.56 Å². The molecule has 2 aromatic rings. The molecule has 0 saturated carbocycles. The van der Waals surface area contributed by atoms with Crippen LogP contribution in [0.1, 0.15) is 34.2 Å². The first-order valence-electron chi connectivity index (χ1n) is 6.04. The lowest BCUT2D eigenvalue weighted by atomic mass is 10.2. The van der Waals surface area contributed by atoms with Gasteiger partial charge in [-0.05, 0) is 42.7 Å². The number of carbonyl (C=O) groups excluding carboxylic acids is 1. The summed E-state index contributed by atoms with van der Waals surface area (Å²) in [6.45, 7) is 4.87. The molecule has 0 unspecified atom stereocenters. The molecular weight excluding hydrogens is 290 g/mol. The Labute approximate surface area is 116 Å². The number of nitrogens with zero attached hydrogens (tertiary/aromatic N) is 1. The van der Waals surface area contributed by atoms with Gasteiger partial charge in [-0.1, -0.05) is 35.0 Å². The topological polar surface area (TPSA) is 22.0 Å². The van der Waals surface area contributed by atoms with Crippen molar-refractivity contribution in [2.45, 2.75) is 26.8 Å². The zero-order chi connectivity index (χ0) is 13.1. The van der Waals surface area contributed by atoms with E-state index < -0.39 is 0 Å². The number of hydrogen-bond acceptors (Lipinski definition) is 1. The predicted molar refractivity (Wildman–Crippen MR) is 77.2 cm³/mol. The molecule has 94 valence electrons. The van der Waals surface area contributed by atoms with Crippen LogP contribution < -0.4 is 0 Å². The molecule has 1 aromatic carbocycles. The van der Waals surface area contributed by atoms with Crippen LogP contribution in [0, 0.1) is 6.92 Å². The van der Waals surface area contributed by atoms with Crippen molar-refractivity contribution in [1.29, 1.82) is 0 Å². The molecule has 0 bridgehead atoms. The summed E-state index contributed by atoms with van der Waals surface area (Å²) in [7, 11) is 0. The summed E-state index contributed by atoms with van der Waals surface area (Å²) in [6.07, 6.45) is 1.85. The Morgan fingerprint density at radius 3 is 2.50 bits per heavy atom. The summed E-state index contributed by atoms with van der Waals surface area (Å²) < 4.78 is 3.15. The van der Waals surface area contributed by atoms with Crippen molar-refractivity contribution in [3.05, 3.63) is 57.3 Å². The van der Waals surface area contributed by atoms with E-state index in [-0.39, 0.29) is 0 Å². The van der Waals surface area contributed by atoms with Crippen molar-refractivity contribution in [2.24, 2.45) is 0 Å². The fraction of sp³-hybridized carbons (Fsp3) is 0.267. The molecule has 0 aliphatic rings. The van der Waals surface area contributed by atoms with Gasteiger partial charge in [0.25, 0.3) is 0 Å². The minimum absolute atomic E-state index is 0.743. The number of aldehydes is 1. The maximum atomic E-state index is 11.2. The molecule has 0 spiro atoms. The van der Waals surface area contributed by atoms with E-state index >= 15 is 0 Å². The smallest absolute Gasteiger partial charge is 0.166 e. The third kappa shape index (κ3) is 2.56. The van der Waals surface area contributed by atoms with Gasteiger partial charge in [0.1, 0.15) is 0 Å². The Hall–Kier alpha value is -1.35. The van der Waals surface area contributed by atoms with Crippen LogP contribution in [0.4, 0.5) is 0 Å². The molecular formula is C15H16BrNO. The zero-order valence-corrected chi connectivity index (χ0v) is 12.2. The molecule has 2 nitrogen and oxygen atoms in total. The number of benzene rings is 1. The van der Waals surface area contributed by atoms with Crippen molar-refractivity contribution in [1.82, 2.24) is 4.57 Å². The molecule has 0 atom stereocenters. The first-order chi connectivity index (χ1) is 8.65. The lowest BCUT2D eigenvalue weighted by molar-refractivity contribution is 0.111. The molecule has 0 fully saturated rings. The Bertz CT molecular complexity index is 555. The number of rotatable bonds is 4. The number of aromatic nitrogens is 1. The molecule has 0 saturated heterocycles. The highest BCUT2D eigenvalue weighted by molar-refractivity contribution is 9.10. The second-order valence-corrected chi connectivity index (χ2v) is 5.30. The van der Waals surface area contributed by atoms with Crippen LogP contribution >= 0.6 is 15.9 Å². The van der Waals surface area contributed by atoms with Gasteiger partial charge in [-0.25, -0.2) is 0 Å². The largest absolute Gasteiger partial charge is 0.338 e. The fourth-order valence-electron chi connectivity index (χ4n) is 2.17. The fourth-order valence-corrected chi connectivity index (χ4v) is 2.44. The Morgan fingerprint density at radius 1 is 1.28 bits per heavy atom. The van der Waals surface area contributed by atoms with Gasteiger partial charge in [-0.3, -0.25) is 4.79 Å². The van der Waals surface area contributed by atoms with Crippen LogP contribution in [0.3, 0.4) is 0 Å². The minimum atomic E-state index is 0.743. The van der Waals surface area contributed by atoms with Crippen molar-refractivity contribution < 1.29 is 4.79 Å². The quantitative estimate of drug-likeness (QED) is 0.783. The Morgan fingerprint density at radius 2 is 1.94 bits per heavy atom. The average Bonchev–Trinajstić information content (AvgIpc) is 2.68. The Balaban J connectivity index is 2.36. The molecule has 0 amide bonds. The molecule has 2 rings (SSSR count). The van der Waals surface area contributed by atoms with Gasteiger partial charge >= 0.3 is 0 Å². The molecule has 0 radical (unpaired) electrons. The second-order valence-electron chi connectivity index (χ2n) is 4.38. The summed E-state index contributed by atoms with van der Waals surface area (Å²) >= 11 is 3.43. The van der Waals surface area contributed by atoms with E-state index in [1.807, 2.05) is 19.1 Å². The van der Waals surface area contributed by atoms with E-state index in [9.17, 15) is 4.79 Å². The maximum Gasteiger partial charge on any atom is 0.166 e. The third-order valence-corrected chi connectivity index (χ3v) is 3.70. The van der Waals surface area contributed by atoms with Gasteiger partial charge < -0.3 is 4.57 Å². The van der Waals surface area contributed by atoms with Gasteiger partial charge in [0.15, 0.2) is 6.29 Å². The molecule has 0 N–H and O–H groups in total. The summed E-state index contributed by atoms with van der Waals surface area (Å²) in [5.41, 5.74) is 4.26. The number of aryl methyl sites for hydroxylation is 2. The van der Waals surface area contributed by atoms with Gasteiger partial charge in [-0.15, -0.1) is 0 Å². The van der Waals surface area contributed by atoms with Crippen molar-refractivity contribution >= 4 is 22.2 Å². The standard InChI is InChI=1S/C15H16BrNO/c1-3-13-8-11(2)17(15(13)10-18)9-12-4-6-14(16)7-5-12/h4-8,10H,3,9H2,1-2H3. The number of hydrogen-bond donors (Lipinski definition) is 0. The first-order valence-corrected chi connectivity index (χ1v) is 6.83. The Kier molecular flexibility index (Phi) is 4.02. The molecule has 0 aliphatic carbocycles. The van der Waals surface area contributed by atoms with Crippen LogP contribution in [0.15, 0.2) is 34.8 Å². The minimum Gasteiger partial charge on any atom is -0.338 e. The highest BCUT2D eigenvalue weighted by atomic mass is 79.9. The van der Waals surface area contributed by atoms with E-state index in [0.717, 1.165) is 40.7 Å². The SMILES string of the molecule is CCc1cc(C)n(Cc2ccc(Br)cc2)c1C=O. The van der Waals surface area contributed by atoms with Crippen LogP contribution in [-0.2, 0) is 13.0 Å². The average molecular weight is 306 g/mol. The van der Waals surface area contributed by atoms with E-state index in [2.05, 4.69) is 45.6 Å². The summed E-state index contributed by atoms with van der Waals surface area (Å²) in [5, 5.41) is 0. The van der Waals surface area contributed by atoms with Crippen LogP contribution in [-0.4, -0.2) is 10.9 Å². The molecule has 0 aliphatic heterocycles. The predicted octanol–water partition coefficient (Wildman–Crippen LogP) is 3.98. The lowest BCUT2D eigenvalue weighted by Gasteiger charge is -2.09. The molecule has 1 heterocycles. The molecule has 18 heavy (non-hydrogen) atoms.